The number of benzene rings is 2. The van der Waals surface area contributed by atoms with E-state index in [2.05, 4.69) is 22.9 Å². The third-order valence-corrected chi connectivity index (χ3v) is 4.66. The van der Waals surface area contributed by atoms with Crippen LogP contribution in [-0.4, -0.2) is 23.4 Å². The van der Waals surface area contributed by atoms with E-state index in [4.69, 9.17) is 0 Å². The number of amides is 3. The summed E-state index contributed by atoms with van der Waals surface area (Å²) in [6.07, 6.45) is 0.530. The maximum Gasteiger partial charge on any atom is 0.323 e. The summed E-state index contributed by atoms with van der Waals surface area (Å²) < 4.78 is 0. The Morgan fingerprint density at radius 1 is 0.962 bits per heavy atom. The van der Waals surface area contributed by atoms with Crippen molar-refractivity contribution in [2.45, 2.75) is 26.3 Å². The number of carbonyl (C=O) groups excluding carboxylic acids is 2. The molecule has 5 nitrogen and oxygen atoms in total. The van der Waals surface area contributed by atoms with Crippen LogP contribution in [0.1, 0.15) is 31.9 Å². The van der Waals surface area contributed by atoms with Crippen molar-refractivity contribution in [3.05, 3.63) is 60.2 Å². The minimum atomic E-state index is -0.293. The fourth-order valence-corrected chi connectivity index (χ4v) is 2.99. The molecule has 6 heteroatoms. The lowest BCUT2D eigenvalue weighted by molar-refractivity contribution is -0.121. The van der Waals surface area contributed by atoms with E-state index in [1.807, 2.05) is 61.5 Å². The molecular formula is C20H25N3O2S. The Balaban J connectivity index is 1.83. The van der Waals surface area contributed by atoms with Crippen LogP contribution in [0.5, 0.6) is 0 Å². The number of para-hydroxylation sites is 1. The van der Waals surface area contributed by atoms with E-state index in [-0.39, 0.29) is 18.0 Å². The van der Waals surface area contributed by atoms with Gasteiger partial charge >= 0.3 is 6.03 Å². The number of thioether (sulfide) groups is 1. The lowest BCUT2D eigenvalue weighted by Crippen LogP contribution is -2.26. The summed E-state index contributed by atoms with van der Waals surface area (Å²) >= 11 is 1.76. The fraction of sp³-hybridized carbons (Fsp3) is 0.300. The van der Waals surface area contributed by atoms with Crippen molar-refractivity contribution in [3.8, 4) is 0 Å². The van der Waals surface area contributed by atoms with Gasteiger partial charge in [0.15, 0.2) is 0 Å². The van der Waals surface area contributed by atoms with Crippen molar-refractivity contribution in [3.63, 3.8) is 0 Å². The zero-order chi connectivity index (χ0) is 18.8. The van der Waals surface area contributed by atoms with Gasteiger partial charge in [0.1, 0.15) is 0 Å². The Morgan fingerprint density at radius 3 is 2.19 bits per heavy atom. The van der Waals surface area contributed by atoms with Crippen molar-refractivity contribution < 1.29 is 9.59 Å². The van der Waals surface area contributed by atoms with Gasteiger partial charge in [-0.1, -0.05) is 37.3 Å². The average Bonchev–Trinajstić information content (AvgIpc) is 2.63. The van der Waals surface area contributed by atoms with Gasteiger partial charge in [-0.3, -0.25) is 4.79 Å². The molecule has 0 aliphatic carbocycles. The number of anilines is 2. The van der Waals surface area contributed by atoms with Crippen LogP contribution in [0.25, 0.3) is 0 Å². The summed E-state index contributed by atoms with van der Waals surface area (Å²) in [7, 11) is 0. The van der Waals surface area contributed by atoms with Crippen LogP contribution >= 0.6 is 11.8 Å². The summed E-state index contributed by atoms with van der Waals surface area (Å²) in [4.78, 5) is 23.9. The molecule has 2 rings (SSSR count). The molecule has 0 saturated carbocycles. The quantitative estimate of drug-likeness (QED) is 0.592. The maximum absolute atomic E-state index is 12.0. The summed E-state index contributed by atoms with van der Waals surface area (Å²) in [5, 5.41) is 8.56. The molecular weight excluding hydrogens is 346 g/mol. The van der Waals surface area contributed by atoms with Gasteiger partial charge in [-0.05, 0) is 42.5 Å². The average molecular weight is 372 g/mol. The summed E-state index contributed by atoms with van der Waals surface area (Å²) in [6, 6.07) is 16.4. The molecule has 0 fully saturated rings. The smallest absolute Gasteiger partial charge is 0.323 e. The predicted octanol–water partition coefficient (Wildman–Crippen LogP) is 4.65. The first kappa shape index (κ1) is 19.8. The fourth-order valence-electron chi connectivity index (χ4n) is 2.38. The van der Waals surface area contributed by atoms with Crippen LogP contribution in [0.3, 0.4) is 0 Å². The molecule has 138 valence electrons. The second-order valence-electron chi connectivity index (χ2n) is 5.80. The third-order valence-electron chi connectivity index (χ3n) is 3.76. The number of hydrogen-bond donors (Lipinski definition) is 3. The summed E-state index contributed by atoms with van der Waals surface area (Å²) in [5.74, 6) is 1.92. The molecule has 3 N–H and O–H groups in total. The highest BCUT2D eigenvalue weighted by Crippen LogP contribution is 2.17. The van der Waals surface area contributed by atoms with Crippen LogP contribution in [0.15, 0.2) is 54.6 Å². The first-order valence-electron chi connectivity index (χ1n) is 8.68. The third kappa shape index (κ3) is 6.80. The van der Waals surface area contributed by atoms with E-state index in [1.54, 1.807) is 11.8 Å². The first-order valence-corrected chi connectivity index (χ1v) is 9.84. The highest BCUT2D eigenvalue weighted by molar-refractivity contribution is 7.99. The molecule has 0 bridgehead atoms. The monoisotopic (exact) mass is 371 g/mol. The molecule has 0 saturated heterocycles. The zero-order valence-electron chi connectivity index (χ0n) is 15.1. The van der Waals surface area contributed by atoms with Gasteiger partial charge < -0.3 is 16.0 Å². The van der Waals surface area contributed by atoms with Crippen molar-refractivity contribution >= 4 is 35.1 Å². The lowest BCUT2D eigenvalue weighted by Gasteiger charge is -2.15. The molecule has 3 amide bonds. The van der Waals surface area contributed by atoms with Crippen LogP contribution in [0.2, 0.25) is 0 Å². The van der Waals surface area contributed by atoms with Crippen molar-refractivity contribution in [2.75, 3.05) is 22.1 Å². The van der Waals surface area contributed by atoms with Gasteiger partial charge in [-0.25, -0.2) is 4.79 Å². The normalized spacial score (nSPS) is 11.5. The molecule has 0 aliphatic heterocycles. The second kappa shape index (κ2) is 10.5. The second-order valence-corrected chi connectivity index (χ2v) is 7.20. The van der Waals surface area contributed by atoms with E-state index >= 15 is 0 Å². The van der Waals surface area contributed by atoms with E-state index in [9.17, 15) is 9.59 Å². The maximum atomic E-state index is 12.0. The molecule has 2 aromatic rings. The van der Waals surface area contributed by atoms with E-state index in [0.29, 0.717) is 12.1 Å². The minimum absolute atomic E-state index is 0.0582. The Hall–Kier alpha value is -2.47. The molecule has 1 atom stereocenters. The van der Waals surface area contributed by atoms with Crippen LogP contribution < -0.4 is 16.0 Å². The van der Waals surface area contributed by atoms with Crippen molar-refractivity contribution in [1.29, 1.82) is 0 Å². The standard InChI is InChI=1S/C20H25N3O2S/c1-3-26-14-13-19(24)21-15(2)16-9-11-18(12-10-16)23-20(25)22-17-7-5-4-6-8-17/h4-12,15H,3,13-14H2,1-2H3,(H,21,24)(H2,22,23,25). The number of rotatable bonds is 8. The van der Waals surface area contributed by atoms with Crippen LogP contribution in [-0.2, 0) is 4.79 Å². The first-order chi connectivity index (χ1) is 12.6. The summed E-state index contributed by atoms with van der Waals surface area (Å²) in [6.45, 7) is 4.04. The highest BCUT2D eigenvalue weighted by Gasteiger charge is 2.10. The highest BCUT2D eigenvalue weighted by atomic mass is 32.2. The Kier molecular flexibility index (Phi) is 8.02. The van der Waals surface area contributed by atoms with Crippen LogP contribution in [0.4, 0.5) is 16.2 Å². The van der Waals surface area contributed by atoms with Gasteiger partial charge in [0.2, 0.25) is 5.91 Å². The van der Waals surface area contributed by atoms with Crippen molar-refractivity contribution in [1.82, 2.24) is 5.32 Å². The number of nitrogens with one attached hydrogen (secondary N) is 3. The van der Waals surface area contributed by atoms with Gasteiger partial charge in [0.25, 0.3) is 0 Å². The van der Waals surface area contributed by atoms with Gasteiger partial charge in [-0.15, -0.1) is 0 Å². The van der Waals surface area contributed by atoms with Gasteiger partial charge in [0.05, 0.1) is 6.04 Å². The van der Waals surface area contributed by atoms with Crippen molar-refractivity contribution in [2.24, 2.45) is 0 Å². The lowest BCUT2D eigenvalue weighted by atomic mass is 10.1. The van der Waals surface area contributed by atoms with Crippen LogP contribution in [0, 0.1) is 0 Å². The number of carbonyl (C=O) groups is 2. The molecule has 2 aromatic carbocycles. The topological polar surface area (TPSA) is 70.2 Å². The summed E-state index contributed by atoms with van der Waals surface area (Å²) in [5.41, 5.74) is 2.43. The SMILES string of the molecule is CCSCCC(=O)NC(C)c1ccc(NC(=O)Nc2ccccc2)cc1. The van der Waals surface area contributed by atoms with Gasteiger partial charge in [0, 0.05) is 23.5 Å². The number of hydrogen-bond acceptors (Lipinski definition) is 3. The molecule has 0 aliphatic rings. The molecule has 0 heterocycles. The zero-order valence-corrected chi connectivity index (χ0v) is 15.9. The Bertz CT molecular complexity index is 705. The van der Waals surface area contributed by atoms with E-state index < -0.39 is 0 Å². The molecule has 0 spiro atoms. The molecule has 0 radical (unpaired) electrons. The number of urea groups is 1. The largest absolute Gasteiger partial charge is 0.350 e. The minimum Gasteiger partial charge on any atom is -0.350 e. The molecule has 26 heavy (non-hydrogen) atoms. The molecule has 0 aromatic heterocycles. The van der Waals surface area contributed by atoms with E-state index in [1.165, 1.54) is 0 Å². The Morgan fingerprint density at radius 2 is 1.58 bits per heavy atom. The molecule has 1 unspecified atom stereocenters. The van der Waals surface area contributed by atoms with Gasteiger partial charge in [-0.2, -0.15) is 11.8 Å². The predicted molar refractivity (Wildman–Crippen MR) is 110 cm³/mol. The van der Waals surface area contributed by atoms with E-state index in [0.717, 1.165) is 22.8 Å². The Labute approximate surface area is 159 Å².